The second kappa shape index (κ2) is 24.7. The number of carbonyl (C=O) groups is 3. The molecule has 2 amide bonds. The van der Waals surface area contributed by atoms with Gasteiger partial charge >= 0.3 is 42.4 Å². The Kier molecular flexibility index (Phi) is 19.7. The molecule has 19 nitrogen and oxygen atoms in total. The highest BCUT2D eigenvalue weighted by Crippen LogP contribution is 2.30. The third-order valence-corrected chi connectivity index (χ3v) is 11.2. The van der Waals surface area contributed by atoms with Gasteiger partial charge in [0.15, 0.2) is 12.4 Å². The average Bonchev–Trinajstić information content (AvgIpc) is 3.58. The van der Waals surface area contributed by atoms with Gasteiger partial charge in [-0.2, -0.15) is 41.6 Å². The number of methoxy groups -OCH3 is 1. The van der Waals surface area contributed by atoms with Crippen molar-refractivity contribution in [3.63, 3.8) is 0 Å². The predicted molar refractivity (Wildman–Crippen MR) is 240 cm³/mol. The summed E-state index contributed by atoms with van der Waals surface area (Å²) in [5.41, 5.74) is -0.872. The Balaban J connectivity index is 0.000000236. The minimum atomic E-state index is -4.45. The molecule has 0 aliphatic rings. The number of aromatic nitrogens is 7. The number of nitrogens with zero attached hydrogens (tertiary/aromatic N) is 7. The number of benzene rings is 3. The molecule has 1 atom stereocenters. The van der Waals surface area contributed by atoms with Gasteiger partial charge in [0.2, 0.25) is 5.95 Å². The molecule has 3 N–H and O–H groups in total. The van der Waals surface area contributed by atoms with Crippen molar-refractivity contribution < 1.29 is 68.5 Å². The van der Waals surface area contributed by atoms with Crippen LogP contribution in [-0.2, 0) is 37.2 Å². The first-order valence-corrected chi connectivity index (χ1v) is 22.4. The maximum absolute atomic E-state index is 14.2. The van der Waals surface area contributed by atoms with Gasteiger partial charge in [0.05, 0.1) is 23.6 Å². The highest BCUT2D eigenvalue weighted by molar-refractivity contribution is 7.90. The van der Waals surface area contributed by atoms with E-state index in [-0.39, 0.29) is 63.0 Å². The fourth-order valence-corrected chi connectivity index (χ4v) is 7.64. The normalized spacial score (nSPS) is 11.7. The van der Waals surface area contributed by atoms with Crippen LogP contribution in [0.15, 0.2) is 76.6 Å². The van der Waals surface area contributed by atoms with E-state index in [0.29, 0.717) is 21.0 Å². The molecule has 3 aromatic carbocycles. The Morgan fingerprint density at radius 3 is 2.29 bits per heavy atom. The first-order chi connectivity index (χ1) is 32.8. The first kappa shape index (κ1) is 55.8. The number of aliphatic carboxylic acids is 1. The van der Waals surface area contributed by atoms with Crippen LogP contribution in [0.25, 0.3) is 16.6 Å². The number of aryl methyl sites for hydroxylation is 3. The zero-order valence-corrected chi connectivity index (χ0v) is 39.7. The molecule has 6 rings (SSSR count). The van der Waals surface area contributed by atoms with Crippen LogP contribution < -0.4 is 25.2 Å². The van der Waals surface area contributed by atoms with Crippen LogP contribution in [0.5, 0.6) is 11.8 Å². The van der Waals surface area contributed by atoms with Crippen molar-refractivity contribution in [3.8, 4) is 17.4 Å². The summed E-state index contributed by atoms with van der Waals surface area (Å²) in [4.78, 5) is 61.2. The van der Waals surface area contributed by atoms with Gasteiger partial charge in [-0.05, 0) is 80.8 Å². The number of hydrogen-bond donors (Lipinski definition) is 3. The predicted octanol–water partition coefficient (Wildman–Crippen LogP) is 7.79. The Bertz CT molecular complexity index is 3020. The molecular formula is C41H38Cl3F6N9O10S. The number of esters is 1. The lowest BCUT2D eigenvalue weighted by Gasteiger charge is -2.13. The number of carbonyl (C=O) groups excluding carboxylic acids is 2. The number of sulfonamides is 1. The summed E-state index contributed by atoms with van der Waals surface area (Å²) in [7, 11) is -3.14. The van der Waals surface area contributed by atoms with Gasteiger partial charge in [-0.3, -0.25) is 15.1 Å². The fourth-order valence-electron chi connectivity index (χ4n) is 5.79. The van der Waals surface area contributed by atoms with E-state index in [1.54, 1.807) is 42.1 Å². The zero-order valence-electron chi connectivity index (χ0n) is 36.6. The smallest absolute Gasteiger partial charge is 0.389 e. The van der Waals surface area contributed by atoms with Crippen LogP contribution >= 0.6 is 34.8 Å². The lowest BCUT2D eigenvalue weighted by atomic mass is 10.1. The number of anilines is 1. The summed E-state index contributed by atoms with van der Waals surface area (Å²) in [6.45, 7) is 0.910. The first-order valence-electron chi connectivity index (χ1n) is 19.7. The third-order valence-electron chi connectivity index (χ3n) is 8.79. The zero-order chi connectivity index (χ0) is 52.1. The molecule has 0 saturated carbocycles. The Hall–Kier alpha value is -6.77. The number of halogens is 9. The molecule has 70 heavy (non-hydrogen) atoms. The van der Waals surface area contributed by atoms with Gasteiger partial charge < -0.3 is 19.3 Å². The number of urea groups is 1. The Labute approximate surface area is 407 Å². The highest BCUT2D eigenvalue weighted by atomic mass is 35.5. The van der Waals surface area contributed by atoms with E-state index < -0.39 is 81.9 Å². The minimum Gasteiger partial charge on any atom is -0.480 e. The number of rotatable bonds is 15. The second-order valence-electron chi connectivity index (χ2n) is 13.8. The number of pyridine rings is 1. The second-order valence-corrected chi connectivity index (χ2v) is 16.8. The van der Waals surface area contributed by atoms with Crippen LogP contribution in [0.4, 0.5) is 37.1 Å². The SMILES string of the molecule is CCOC(=O)C(Cl)Cc1cc(-n2nc(C)n(C(F)F)c2=O)c(F)cc1Cl.COc1nc(C)nc(NC(=O)NS(=O)(=O)c2ccccc2CCC(F)(F)F)n1.O=C(O)COc1ccc(Cl)c2cccnc12. The maximum atomic E-state index is 14.2. The summed E-state index contributed by atoms with van der Waals surface area (Å²) in [6.07, 6.45) is -4.71. The highest BCUT2D eigenvalue weighted by Gasteiger charge is 2.29. The Morgan fingerprint density at radius 1 is 0.957 bits per heavy atom. The number of amides is 2. The molecule has 0 fully saturated rings. The summed E-state index contributed by atoms with van der Waals surface area (Å²) < 4.78 is 119. The summed E-state index contributed by atoms with van der Waals surface area (Å²) in [5.74, 6) is -2.58. The quantitative estimate of drug-likeness (QED) is 0.0504. The van der Waals surface area contributed by atoms with E-state index in [2.05, 4.69) is 30.4 Å². The molecule has 0 bridgehead atoms. The van der Waals surface area contributed by atoms with E-state index in [1.165, 1.54) is 39.2 Å². The Morgan fingerprint density at radius 2 is 1.66 bits per heavy atom. The van der Waals surface area contributed by atoms with E-state index >= 15 is 0 Å². The number of nitrogens with one attached hydrogen (secondary N) is 2. The van der Waals surface area contributed by atoms with Crippen molar-refractivity contribution in [1.29, 1.82) is 0 Å². The fraction of sp³-hybridized carbons (Fsp3) is 0.293. The monoisotopic (exact) mass is 1070 g/mol. The standard InChI is InChI=1S/C15H14Cl2F3N3O3.C15H16F3N5O4S.C11H8ClNO3/c1-3-26-13(24)10(17)4-8-5-12(11(18)6-9(8)16)23-15(25)22(14(19)20)7(2)21-23;1-9-19-12(22-14(20-9)27-2)21-13(24)23-28(25,26)11-6-4-3-5-10(11)7-8-15(16,17)18;12-8-3-4-9(16-6-10(14)15)11-7(8)2-1-5-13-11/h5-6,10,14H,3-4H2,1-2H3;3-6H,7-8H2,1-2H3,(H2,19,20,21,22,23,24);1-5H,6H2,(H,14,15). The molecule has 3 aromatic heterocycles. The minimum absolute atomic E-state index is 0.0424. The van der Waals surface area contributed by atoms with Gasteiger partial charge in [0, 0.05) is 29.4 Å². The van der Waals surface area contributed by atoms with E-state index in [0.717, 1.165) is 23.6 Å². The number of ether oxygens (including phenoxy) is 3. The molecule has 0 spiro atoms. The van der Waals surface area contributed by atoms with Crippen LogP contribution in [0.1, 0.15) is 42.7 Å². The van der Waals surface area contributed by atoms with Crippen molar-refractivity contribution >= 4 is 79.6 Å². The van der Waals surface area contributed by atoms with Crippen LogP contribution in [0.3, 0.4) is 0 Å². The van der Waals surface area contributed by atoms with E-state index in [1.807, 2.05) is 0 Å². The largest absolute Gasteiger partial charge is 0.480 e. The molecule has 0 saturated heterocycles. The summed E-state index contributed by atoms with van der Waals surface area (Å²) >= 11 is 17.9. The van der Waals surface area contributed by atoms with Crippen molar-refractivity contribution in [3.05, 3.63) is 116 Å². The average molecular weight is 1070 g/mol. The number of alkyl halides is 6. The van der Waals surface area contributed by atoms with Crippen molar-refractivity contribution in [2.45, 2.75) is 63.0 Å². The molecule has 0 radical (unpaired) electrons. The van der Waals surface area contributed by atoms with Crippen molar-refractivity contribution in [2.75, 3.05) is 25.6 Å². The van der Waals surface area contributed by atoms with Crippen LogP contribution in [0, 0.1) is 19.7 Å². The van der Waals surface area contributed by atoms with Gasteiger partial charge in [-0.25, -0.2) is 36.5 Å². The topological polar surface area (TPSA) is 249 Å². The molecular weight excluding hydrogens is 1030 g/mol. The van der Waals surface area contributed by atoms with E-state index in [9.17, 15) is 53.9 Å². The lowest BCUT2D eigenvalue weighted by Crippen LogP contribution is -2.35. The molecule has 1 unspecified atom stereocenters. The van der Waals surface area contributed by atoms with E-state index in [4.69, 9.17) is 54.1 Å². The number of carboxylic acid groups (broad SMARTS) is 1. The van der Waals surface area contributed by atoms with Gasteiger partial charge in [-0.15, -0.1) is 16.7 Å². The van der Waals surface area contributed by atoms with Gasteiger partial charge in [0.25, 0.3) is 10.0 Å². The third kappa shape index (κ3) is 15.6. The summed E-state index contributed by atoms with van der Waals surface area (Å²) in [6, 6.07) is 12.7. The lowest BCUT2D eigenvalue weighted by molar-refractivity contribution is -0.142. The molecule has 29 heteroatoms. The molecule has 0 aliphatic carbocycles. The molecule has 376 valence electrons. The van der Waals surface area contributed by atoms with Crippen LogP contribution in [-0.4, -0.2) is 97.7 Å². The molecule has 0 aliphatic heterocycles. The number of carboxylic acids is 1. The van der Waals surface area contributed by atoms with Gasteiger partial charge in [-0.1, -0.05) is 41.4 Å². The number of fused-ring (bicyclic) bond motifs is 1. The van der Waals surface area contributed by atoms with Crippen molar-refractivity contribution in [1.82, 2.24) is 39.0 Å². The van der Waals surface area contributed by atoms with Crippen LogP contribution in [0.2, 0.25) is 10.0 Å². The number of hydrogen-bond acceptors (Lipinski definition) is 14. The van der Waals surface area contributed by atoms with Crippen molar-refractivity contribution in [2.24, 2.45) is 0 Å². The molecule has 3 heterocycles. The summed E-state index contributed by atoms with van der Waals surface area (Å²) in [5, 5.41) is 14.5. The molecule has 6 aromatic rings. The van der Waals surface area contributed by atoms with Gasteiger partial charge in [0.1, 0.15) is 34.0 Å². The maximum Gasteiger partial charge on any atom is 0.389 e.